The maximum atomic E-state index is 6.14. The lowest BCUT2D eigenvalue weighted by Crippen LogP contribution is -2.14. The molecule has 0 aliphatic heterocycles. The smallest absolute Gasteiger partial charge is 0.0640 e. The molecular weight excluding hydrogens is 291 g/mol. The van der Waals surface area contributed by atoms with Crippen LogP contribution in [0.3, 0.4) is 0 Å². The summed E-state index contributed by atoms with van der Waals surface area (Å²) >= 11 is 18.2. The predicted molar refractivity (Wildman–Crippen MR) is 76.3 cm³/mol. The highest BCUT2D eigenvalue weighted by atomic mass is 35.5. The van der Waals surface area contributed by atoms with Crippen molar-refractivity contribution in [2.45, 2.75) is 12.5 Å². The topological polar surface area (TPSA) is 38.9 Å². The summed E-state index contributed by atoms with van der Waals surface area (Å²) in [5, 5.41) is 1.60. The lowest BCUT2D eigenvalue weighted by molar-refractivity contribution is 0.721. The summed E-state index contributed by atoms with van der Waals surface area (Å²) in [7, 11) is 0. The fraction of sp³-hybridized carbons (Fsp3) is 0.154. The average molecular weight is 302 g/mol. The fourth-order valence-corrected chi connectivity index (χ4v) is 2.37. The van der Waals surface area contributed by atoms with E-state index in [2.05, 4.69) is 4.98 Å². The van der Waals surface area contributed by atoms with Gasteiger partial charge in [-0.15, -0.1) is 0 Å². The van der Waals surface area contributed by atoms with E-state index in [-0.39, 0.29) is 6.04 Å². The Hall–Kier alpha value is -0.800. The molecule has 1 heterocycles. The van der Waals surface area contributed by atoms with Gasteiger partial charge >= 0.3 is 0 Å². The Bertz CT molecular complexity index is 558. The molecule has 0 amide bonds. The Morgan fingerprint density at radius 3 is 2.61 bits per heavy atom. The van der Waals surface area contributed by atoms with E-state index in [0.717, 1.165) is 11.1 Å². The number of benzene rings is 1. The number of rotatable bonds is 3. The number of hydrogen-bond donors (Lipinski definition) is 1. The molecule has 1 unspecified atom stereocenters. The van der Waals surface area contributed by atoms with Crippen molar-refractivity contribution in [3.63, 3.8) is 0 Å². The first-order chi connectivity index (χ1) is 8.59. The molecule has 18 heavy (non-hydrogen) atoms. The summed E-state index contributed by atoms with van der Waals surface area (Å²) in [6, 6.07) is 7.03. The minimum absolute atomic E-state index is 0.254. The third kappa shape index (κ3) is 2.96. The Labute approximate surface area is 121 Å². The zero-order chi connectivity index (χ0) is 13.1. The van der Waals surface area contributed by atoms with Gasteiger partial charge in [0, 0.05) is 18.4 Å². The molecule has 2 N–H and O–H groups in total. The largest absolute Gasteiger partial charge is 0.324 e. The lowest BCUT2D eigenvalue weighted by atomic mass is 10.0. The van der Waals surface area contributed by atoms with Crippen molar-refractivity contribution in [1.82, 2.24) is 4.98 Å². The molecule has 0 aliphatic rings. The molecule has 5 heteroatoms. The highest BCUT2D eigenvalue weighted by molar-refractivity contribution is 6.42. The van der Waals surface area contributed by atoms with Crippen molar-refractivity contribution in [2.75, 3.05) is 0 Å². The Morgan fingerprint density at radius 2 is 1.89 bits per heavy atom. The maximum Gasteiger partial charge on any atom is 0.0640 e. The second-order valence-electron chi connectivity index (χ2n) is 3.92. The Kier molecular flexibility index (Phi) is 4.46. The first-order valence-electron chi connectivity index (χ1n) is 5.37. The molecule has 0 bridgehead atoms. The zero-order valence-electron chi connectivity index (χ0n) is 9.41. The first-order valence-corrected chi connectivity index (χ1v) is 6.51. The quantitative estimate of drug-likeness (QED) is 0.918. The molecule has 1 aromatic carbocycles. The molecular formula is C13H11Cl3N2. The number of halogens is 3. The van der Waals surface area contributed by atoms with Crippen LogP contribution >= 0.6 is 34.8 Å². The van der Waals surface area contributed by atoms with E-state index in [1.165, 1.54) is 0 Å². The first kappa shape index (κ1) is 13.6. The number of nitrogens with zero attached hydrogens (tertiary/aromatic N) is 1. The van der Waals surface area contributed by atoms with Crippen LogP contribution in [0.1, 0.15) is 17.2 Å². The van der Waals surface area contributed by atoms with Gasteiger partial charge in [-0.05, 0) is 29.7 Å². The fourth-order valence-electron chi connectivity index (χ4n) is 1.72. The predicted octanol–water partition coefficient (Wildman–Crippen LogP) is 4.28. The lowest BCUT2D eigenvalue weighted by Gasteiger charge is -2.15. The molecule has 0 fully saturated rings. The van der Waals surface area contributed by atoms with Gasteiger partial charge in [-0.3, -0.25) is 4.98 Å². The van der Waals surface area contributed by atoms with Gasteiger partial charge in [0.2, 0.25) is 0 Å². The number of hydrogen-bond acceptors (Lipinski definition) is 2. The van der Waals surface area contributed by atoms with E-state index in [1.54, 1.807) is 18.5 Å². The molecule has 2 nitrogen and oxygen atoms in total. The molecule has 94 valence electrons. The van der Waals surface area contributed by atoms with Gasteiger partial charge in [0.1, 0.15) is 0 Å². The Morgan fingerprint density at radius 1 is 1.11 bits per heavy atom. The number of nitrogens with two attached hydrogens (primary N) is 1. The minimum Gasteiger partial charge on any atom is -0.324 e. The van der Waals surface area contributed by atoms with Gasteiger partial charge in [-0.25, -0.2) is 0 Å². The van der Waals surface area contributed by atoms with E-state index in [0.29, 0.717) is 21.5 Å². The molecule has 2 rings (SSSR count). The van der Waals surface area contributed by atoms with Crippen LogP contribution in [-0.4, -0.2) is 4.98 Å². The molecule has 2 aromatic rings. The van der Waals surface area contributed by atoms with Crippen LogP contribution in [0.25, 0.3) is 0 Å². The van der Waals surface area contributed by atoms with Crippen LogP contribution in [0.5, 0.6) is 0 Å². The van der Waals surface area contributed by atoms with Crippen molar-refractivity contribution < 1.29 is 0 Å². The average Bonchev–Trinajstić information content (AvgIpc) is 2.35. The van der Waals surface area contributed by atoms with Crippen molar-refractivity contribution >= 4 is 34.8 Å². The van der Waals surface area contributed by atoms with E-state index in [9.17, 15) is 0 Å². The second-order valence-corrected chi connectivity index (χ2v) is 5.11. The zero-order valence-corrected chi connectivity index (χ0v) is 11.7. The third-order valence-corrected chi connectivity index (χ3v) is 3.85. The normalized spacial score (nSPS) is 12.4. The standard InChI is InChI=1S/C13H11Cl3N2/c14-10-3-1-2-9(13(10)16)12(17)6-8-4-5-18-7-11(8)15/h1-5,7,12H,6,17H2. The highest BCUT2D eigenvalue weighted by Gasteiger charge is 2.14. The van der Waals surface area contributed by atoms with Crippen LogP contribution in [0.2, 0.25) is 15.1 Å². The van der Waals surface area contributed by atoms with Crippen LogP contribution in [-0.2, 0) is 6.42 Å². The molecule has 1 atom stereocenters. The van der Waals surface area contributed by atoms with Crippen molar-refractivity contribution in [1.29, 1.82) is 0 Å². The summed E-state index contributed by atoms with van der Waals surface area (Å²) in [6.07, 6.45) is 3.87. The molecule has 0 spiro atoms. The van der Waals surface area contributed by atoms with E-state index in [1.807, 2.05) is 18.2 Å². The van der Waals surface area contributed by atoms with Crippen LogP contribution in [0.4, 0.5) is 0 Å². The van der Waals surface area contributed by atoms with Crippen molar-refractivity contribution in [3.8, 4) is 0 Å². The Balaban J connectivity index is 2.25. The van der Waals surface area contributed by atoms with Crippen molar-refractivity contribution in [3.05, 3.63) is 62.9 Å². The molecule has 1 aromatic heterocycles. The van der Waals surface area contributed by atoms with Gasteiger partial charge in [-0.2, -0.15) is 0 Å². The van der Waals surface area contributed by atoms with Gasteiger partial charge in [0.15, 0.2) is 0 Å². The summed E-state index contributed by atoms with van der Waals surface area (Å²) in [6.45, 7) is 0. The molecule has 0 saturated carbocycles. The van der Waals surface area contributed by atoms with Gasteiger partial charge in [0.05, 0.1) is 15.1 Å². The van der Waals surface area contributed by atoms with E-state index < -0.39 is 0 Å². The van der Waals surface area contributed by atoms with Gasteiger partial charge in [0.25, 0.3) is 0 Å². The van der Waals surface area contributed by atoms with E-state index in [4.69, 9.17) is 40.5 Å². The number of pyridine rings is 1. The van der Waals surface area contributed by atoms with Crippen LogP contribution in [0.15, 0.2) is 36.7 Å². The summed E-state index contributed by atoms with van der Waals surface area (Å²) in [5.41, 5.74) is 7.90. The number of aromatic nitrogens is 1. The molecule has 0 saturated heterocycles. The molecule has 0 radical (unpaired) electrons. The minimum atomic E-state index is -0.254. The SMILES string of the molecule is NC(Cc1ccncc1Cl)c1cccc(Cl)c1Cl. The maximum absolute atomic E-state index is 6.14. The summed E-state index contributed by atoms with van der Waals surface area (Å²) < 4.78 is 0. The highest BCUT2D eigenvalue weighted by Crippen LogP contribution is 2.31. The van der Waals surface area contributed by atoms with Crippen molar-refractivity contribution in [2.24, 2.45) is 5.73 Å². The summed E-state index contributed by atoms with van der Waals surface area (Å²) in [5.74, 6) is 0. The van der Waals surface area contributed by atoms with Gasteiger partial charge < -0.3 is 5.73 Å². The van der Waals surface area contributed by atoms with Crippen LogP contribution in [0, 0.1) is 0 Å². The summed E-state index contributed by atoms with van der Waals surface area (Å²) in [4.78, 5) is 3.94. The second kappa shape index (κ2) is 5.89. The van der Waals surface area contributed by atoms with E-state index >= 15 is 0 Å². The monoisotopic (exact) mass is 300 g/mol. The van der Waals surface area contributed by atoms with Gasteiger partial charge in [-0.1, -0.05) is 46.9 Å². The van der Waals surface area contributed by atoms with Crippen LogP contribution < -0.4 is 5.73 Å². The third-order valence-electron chi connectivity index (χ3n) is 2.68. The molecule has 0 aliphatic carbocycles.